The molecule has 0 unspecified atom stereocenters. The van der Waals surface area contributed by atoms with Crippen molar-refractivity contribution in [2.45, 2.75) is 32.5 Å². The number of carbonyl (C=O) groups excluding carboxylic acids is 1. The van der Waals surface area contributed by atoms with E-state index in [1.807, 2.05) is 50.5 Å². The molecule has 1 aromatic carbocycles. The summed E-state index contributed by atoms with van der Waals surface area (Å²) in [6.07, 6.45) is 4.35. The number of hydrogen-bond donors (Lipinski definition) is 2. The van der Waals surface area contributed by atoms with Crippen molar-refractivity contribution in [3.05, 3.63) is 65.2 Å². The lowest BCUT2D eigenvalue weighted by molar-refractivity contribution is 0.187. The maximum atomic E-state index is 12.9. The van der Waals surface area contributed by atoms with Gasteiger partial charge in [-0.05, 0) is 24.6 Å². The van der Waals surface area contributed by atoms with Gasteiger partial charge in [-0.3, -0.25) is 4.68 Å². The summed E-state index contributed by atoms with van der Waals surface area (Å²) in [4.78, 5) is 14.7. The molecule has 8 heteroatoms. The van der Waals surface area contributed by atoms with E-state index in [1.54, 1.807) is 20.5 Å². The molecule has 0 bridgehead atoms. The molecule has 1 atom stereocenters. The first kappa shape index (κ1) is 18.2. The highest BCUT2D eigenvalue weighted by molar-refractivity contribution is 5.75. The fraction of sp³-hybridized carbons (Fsp3) is 0.350. The summed E-state index contributed by atoms with van der Waals surface area (Å²) in [5, 5.41) is 21.3. The molecule has 0 fully saturated rings. The van der Waals surface area contributed by atoms with Crippen LogP contribution in [0.25, 0.3) is 5.69 Å². The number of fused-ring (bicyclic) bond motifs is 1. The Balaban J connectivity index is 1.50. The number of urea groups is 1. The number of aryl methyl sites for hydroxylation is 1. The van der Waals surface area contributed by atoms with Crippen LogP contribution in [-0.2, 0) is 26.6 Å². The Bertz CT molecular complexity index is 979. The van der Waals surface area contributed by atoms with E-state index in [0.29, 0.717) is 18.8 Å². The van der Waals surface area contributed by atoms with E-state index < -0.39 is 0 Å². The molecule has 1 aliphatic heterocycles. The number of carbonyl (C=O) groups is 1. The third-order valence-electron chi connectivity index (χ3n) is 5.26. The first-order valence-corrected chi connectivity index (χ1v) is 9.37. The molecule has 2 N–H and O–H groups in total. The van der Waals surface area contributed by atoms with Crippen molar-refractivity contribution < 1.29 is 9.90 Å². The number of nitrogens with one attached hydrogen (secondary N) is 1. The quantitative estimate of drug-likeness (QED) is 0.724. The molecule has 3 heterocycles. The second kappa shape index (κ2) is 7.47. The Labute approximate surface area is 163 Å². The standard InChI is InChI=1S/C20H24N6O2/c1-14(15-6-3-4-7-19(15)26-10-5-9-21-26)22-20(28)25-11-8-18-16(12-25)17(13-27)23-24(18)2/h3-7,9-10,14,27H,8,11-13H2,1-2H3,(H,22,28)/t14-/m1/s1. The van der Waals surface area contributed by atoms with Gasteiger partial charge in [-0.25, -0.2) is 9.48 Å². The van der Waals surface area contributed by atoms with Gasteiger partial charge < -0.3 is 15.3 Å². The number of rotatable bonds is 4. The normalized spacial score (nSPS) is 14.6. The molecule has 2 amide bonds. The molecule has 1 aliphatic rings. The van der Waals surface area contributed by atoms with Gasteiger partial charge in [-0.15, -0.1) is 0 Å². The smallest absolute Gasteiger partial charge is 0.318 e. The Kier molecular flexibility index (Phi) is 4.87. The lowest BCUT2D eigenvalue weighted by Gasteiger charge is -2.29. The highest BCUT2D eigenvalue weighted by Gasteiger charge is 2.27. The number of aromatic nitrogens is 4. The van der Waals surface area contributed by atoms with E-state index in [0.717, 1.165) is 28.9 Å². The van der Waals surface area contributed by atoms with Crippen LogP contribution in [0.1, 0.15) is 35.5 Å². The van der Waals surface area contributed by atoms with Crippen molar-refractivity contribution >= 4 is 6.03 Å². The number of aliphatic hydroxyl groups is 1. The first-order valence-electron chi connectivity index (χ1n) is 9.37. The molecule has 0 radical (unpaired) electrons. The SMILES string of the molecule is C[C@@H](NC(=O)N1CCc2c(c(CO)nn2C)C1)c1ccccc1-n1cccn1. The topological polar surface area (TPSA) is 88.2 Å². The summed E-state index contributed by atoms with van der Waals surface area (Å²) in [6.45, 7) is 2.93. The number of benzene rings is 1. The zero-order chi connectivity index (χ0) is 19.7. The number of aliphatic hydroxyl groups excluding tert-OH is 1. The Hall–Kier alpha value is -3.13. The number of amides is 2. The maximum absolute atomic E-state index is 12.9. The summed E-state index contributed by atoms with van der Waals surface area (Å²) in [6, 6.07) is 9.48. The van der Waals surface area contributed by atoms with Gasteiger partial charge in [0.05, 0.1) is 30.6 Å². The van der Waals surface area contributed by atoms with Gasteiger partial charge in [0.15, 0.2) is 0 Å². The van der Waals surface area contributed by atoms with Crippen LogP contribution in [0.5, 0.6) is 0 Å². The summed E-state index contributed by atoms with van der Waals surface area (Å²) in [7, 11) is 1.88. The van der Waals surface area contributed by atoms with Crippen molar-refractivity contribution in [2.24, 2.45) is 7.05 Å². The Morgan fingerprint density at radius 1 is 1.32 bits per heavy atom. The van der Waals surface area contributed by atoms with Crippen LogP contribution in [0.3, 0.4) is 0 Å². The van der Waals surface area contributed by atoms with Gasteiger partial charge in [0.2, 0.25) is 0 Å². The predicted molar refractivity (Wildman–Crippen MR) is 104 cm³/mol. The van der Waals surface area contributed by atoms with Crippen molar-refractivity contribution in [1.29, 1.82) is 0 Å². The summed E-state index contributed by atoms with van der Waals surface area (Å²) in [5.74, 6) is 0. The summed E-state index contributed by atoms with van der Waals surface area (Å²) < 4.78 is 3.60. The second-order valence-electron chi connectivity index (χ2n) is 7.01. The molecule has 8 nitrogen and oxygen atoms in total. The average molecular weight is 380 g/mol. The molecule has 0 saturated heterocycles. The molecular formula is C20H24N6O2. The molecule has 28 heavy (non-hydrogen) atoms. The second-order valence-corrected chi connectivity index (χ2v) is 7.01. The van der Waals surface area contributed by atoms with E-state index in [-0.39, 0.29) is 18.7 Å². The number of nitrogens with zero attached hydrogens (tertiary/aromatic N) is 5. The maximum Gasteiger partial charge on any atom is 0.318 e. The predicted octanol–water partition coefficient (Wildman–Crippen LogP) is 1.93. The summed E-state index contributed by atoms with van der Waals surface area (Å²) in [5.41, 5.74) is 4.62. The van der Waals surface area contributed by atoms with Crippen LogP contribution >= 0.6 is 0 Å². The van der Waals surface area contributed by atoms with Gasteiger partial charge in [-0.1, -0.05) is 18.2 Å². The number of hydrogen-bond acceptors (Lipinski definition) is 4. The van der Waals surface area contributed by atoms with Crippen LogP contribution in [0, 0.1) is 0 Å². The minimum absolute atomic E-state index is 0.119. The van der Waals surface area contributed by atoms with Crippen molar-refractivity contribution in [2.75, 3.05) is 6.54 Å². The molecule has 3 aromatic rings. The zero-order valence-electron chi connectivity index (χ0n) is 16.0. The van der Waals surface area contributed by atoms with Gasteiger partial charge >= 0.3 is 6.03 Å². The van der Waals surface area contributed by atoms with E-state index in [1.165, 1.54) is 0 Å². The van der Waals surface area contributed by atoms with Crippen LogP contribution in [0.4, 0.5) is 4.79 Å². The fourth-order valence-electron chi connectivity index (χ4n) is 3.80. The Morgan fingerprint density at radius 2 is 2.14 bits per heavy atom. The van der Waals surface area contributed by atoms with E-state index >= 15 is 0 Å². The lowest BCUT2D eigenvalue weighted by atomic mass is 10.0. The molecule has 0 aliphatic carbocycles. The van der Waals surface area contributed by atoms with Gasteiger partial charge in [0, 0.05) is 43.7 Å². The van der Waals surface area contributed by atoms with Crippen molar-refractivity contribution in [1.82, 2.24) is 29.8 Å². The first-order chi connectivity index (χ1) is 13.6. The minimum Gasteiger partial charge on any atom is -0.390 e. The highest BCUT2D eigenvalue weighted by Crippen LogP contribution is 2.24. The average Bonchev–Trinajstić information content (AvgIpc) is 3.36. The molecule has 0 spiro atoms. The third kappa shape index (κ3) is 3.27. The number of para-hydroxylation sites is 1. The largest absolute Gasteiger partial charge is 0.390 e. The van der Waals surface area contributed by atoms with E-state index in [9.17, 15) is 9.90 Å². The van der Waals surface area contributed by atoms with E-state index in [4.69, 9.17) is 0 Å². The molecular weight excluding hydrogens is 356 g/mol. The summed E-state index contributed by atoms with van der Waals surface area (Å²) >= 11 is 0. The van der Waals surface area contributed by atoms with Gasteiger partial charge in [-0.2, -0.15) is 10.2 Å². The van der Waals surface area contributed by atoms with E-state index in [2.05, 4.69) is 15.5 Å². The molecule has 4 rings (SSSR count). The molecule has 146 valence electrons. The zero-order valence-corrected chi connectivity index (χ0v) is 16.0. The minimum atomic E-state index is -0.180. The van der Waals surface area contributed by atoms with Crippen LogP contribution in [0.15, 0.2) is 42.7 Å². The monoisotopic (exact) mass is 380 g/mol. The van der Waals surface area contributed by atoms with Crippen LogP contribution in [0.2, 0.25) is 0 Å². The van der Waals surface area contributed by atoms with Crippen molar-refractivity contribution in [3.63, 3.8) is 0 Å². The highest BCUT2D eigenvalue weighted by atomic mass is 16.3. The van der Waals surface area contributed by atoms with Crippen LogP contribution < -0.4 is 5.32 Å². The molecule has 0 saturated carbocycles. The fourth-order valence-corrected chi connectivity index (χ4v) is 3.80. The van der Waals surface area contributed by atoms with Crippen molar-refractivity contribution in [3.8, 4) is 5.69 Å². The third-order valence-corrected chi connectivity index (χ3v) is 5.26. The lowest BCUT2D eigenvalue weighted by Crippen LogP contribution is -2.44. The van der Waals surface area contributed by atoms with Crippen LogP contribution in [-0.4, -0.2) is 42.1 Å². The van der Waals surface area contributed by atoms with Gasteiger partial charge in [0.1, 0.15) is 0 Å². The Morgan fingerprint density at radius 3 is 2.89 bits per heavy atom. The van der Waals surface area contributed by atoms with Gasteiger partial charge in [0.25, 0.3) is 0 Å². The molecule has 2 aromatic heterocycles.